The van der Waals surface area contributed by atoms with Gasteiger partial charge in [0.2, 0.25) is 0 Å². The van der Waals surface area contributed by atoms with E-state index in [1.165, 1.54) is 5.56 Å². The second-order valence-electron chi connectivity index (χ2n) is 7.17. The second kappa shape index (κ2) is 9.38. The van der Waals surface area contributed by atoms with E-state index in [0.29, 0.717) is 5.96 Å². The normalized spacial score (nSPS) is 13.9. The van der Waals surface area contributed by atoms with Crippen LogP contribution in [-0.2, 0) is 19.1 Å². The zero-order valence-electron chi connectivity index (χ0n) is 17.2. The Hall–Kier alpha value is -3.13. The number of aliphatic imine (C=N–C) groups is 1. The van der Waals surface area contributed by atoms with Gasteiger partial charge < -0.3 is 15.7 Å². The lowest BCUT2D eigenvalue weighted by Crippen LogP contribution is -2.39. The number of hydrogen-bond donors (Lipinski definition) is 3. The van der Waals surface area contributed by atoms with Crippen molar-refractivity contribution in [3.8, 4) is 5.69 Å². The number of nitrogens with zero attached hydrogens (tertiary/aromatic N) is 5. The van der Waals surface area contributed by atoms with Crippen molar-refractivity contribution in [2.45, 2.75) is 25.9 Å². The summed E-state index contributed by atoms with van der Waals surface area (Å²) in [6.45, 7) is 5.50. The van der Waals surface area contributed by atoms with E-state index < -0.39 is 5.60 Å². The predicted molar refractivity (Wildman–Crippen MR) is 114 cm³/mol. The van der Waals surface area contributed by atoms with Gasteiger partial charge in [0, 0.05) is 44.3 Å². The summed E-state index contributed by atoms with van der Waals surface area (Å²) in [4.78, 5) is 4.55. The van der Waals surface area contributed by atoms with Crippen molar-refractivity contribution in [1.29, 1.82) is 0 Å². The van der Waals surface area contributed by atoms with Gasteiger partial charge in [0.15, 0.2) is 5.96 Å². The average molecular weight is 396 g/mol. The van der Waals surface area contributed by atoms with Crippen molar-refractivity contribution in [1.82, 2.24) is 30.2 Å². The van der Waals surface area contributed by atoms with Crippen LogP contribution in [0.1, 0.15) is 25.0 Å². The third-order valence-corrected chi connectivity index (χ3v) is 4.63. The number of aliphatic hydroxyl groups is 1. The highest BCUT2D eigenvalue weighted by atomic mass is 16.3. The van der Waals surface area contributed by atoms with Gasteiger partial charge in [0.25, 0.3) is 0 Å². The molecule has 3 N–H and O–H groups in total. The zero-order chi connectivity index (χ0) is 20.7. The molecule has 0 aliphatic heterocycles. The number of aromatic nitrogens is 4. The Labute approximate surface area is 171 Å². The molecule has 8 nitrogen and oxygen atoms in total. The molecule has 0 saturated carbocycles. The Morgan fingerprint density at radius 3 is 2.62 bits per heavy atom. The average Bonchev–Trinajstić information content (AvgIpc) is 3.39. The van der Waals surface area contributed by atoms with E-state index in [2.05, 4.69) is 50.1 Å². The second-order valence-corrected chi connectivity index (χ2v) is 7.17. The fourth-order valence-electron chi connectivity index (χ4n) is 2.93. The van der Waals surface area contributed by atoms with E-state index in [1.54, 1.807) is 24.0 Å². The maximum Gasteiger partial charge on any atom is 0.191 e. The van der Waals surface area contributed by atoms with Crippen LogP contribution in [0.3, 0.4) is 0 Å². The van der Waals surface area contributed by atoms with Gasteiger partial charge in [-0.05, 0) is 44.0 Å². The molecule has 2 heterocycles. The number of hydrogen-bond acceptors (Lipinski definition) is 4. The number of benzene rings is 1. The molecule has 3 rings (SSSR count). The summed E-state index contributed by atoms with van der Waals surface area (Å²) >= 11 is 0. The molecule has 0 spiro atoms. The molecule has 0 aliphatic rings. The van der Waals surface area contributed by atoms with Gasteiger partial charge >= 0.3 is 0 Å². The van der Waals surface area contributed by atoms with E-state index >= 15 is 0 Å². The van der Waals surface area contributed by atoms with Gasteiger partial charge in [0.1, 0.15) is 5.60 Å². The molecule has 8 heteroatoms. The molecule has 1 unspecified atom stereocenters. The molecule has 0 bridgehead atoms. The lowest BCUT2D eigenvalue weighted by Gasteiger charge is -2.20. The van der Waals surface area contributed by atoms with Gasteiger partial charge in [-0.3, -0.25) is 4.68 Å². The molecule has 29 heavy (non-hydrogen) atoms. The minimum absolute atomic E-state index is 0.243. The molecule has 2 aromatic heterocycles. The van der Waals surface area contributed by atoms with Crippen LogP contribution in [0, 0.1) is 0 Å². The van der Waals surface area contributed by atoms with Crippen LogP contribution in [0.5, 0.6) is 0 Å². The third kappa shape index (κ3) is 5.68. The number of rotatable bonds is 8. The van der Waals surface area contributed by atoms with Gasteiger partial charge in [-0.15, -0.1) is 0 Å². The molecule has 0 aliphatic carbocycles. The quantitative estimate of drug-likeness (QED) is 0.398. The maximum absolute atomic E-state index is 10.7. The molecular weight excluding hydrogens is 366 g/mol. The first-order valence-electron chi connectivity index (χ1n) is 9.80. The molecule has 0 radical (unpaired) electrons. The fourth-order valence-corrected chi connectivity index (χ4v) is 2.93. The molecule has 1 aromatic carbocycles. The van der Waals surface area contributed by atoms with Crippen molar-refractivity contribution in [3.05, 3.63) is 66.2 Å². The minimum Gasteiger partial charge on any atom is -0.383 e. The van der Waals surface area contributed by atoms with Crippen LogP contribution in [0.25, 0.3) is 5.69 Å². The highest BCUT2D eigenvalue weighted by molar-refractivity contribution is 5.79. The molecular formula is C21H29N7O. The van der Waals surface area contributed by atoms with Crippen LogP contribution in [0.2, 0.25) is 0 Å². The molecule has 0 saturated heterocycles. The topological polar surface area (TPSA) is 92.3 Å². The van der Waals surface area contributed by atoms with Crippen molar-refractivity contribution in [3.63, 3.8) is 0 Å². The van der Waals surface area contributed by atoms with Crippen LogP contribution in [-0.4, -0.2) is 50.3 Å². The Balaban J connectivity index is 1.54. The highest BCUT2D eigenvalue weighted by Gasteiger charge is 2.24. The lowest BCUT2D eigenvalue weighted by molar-refractivity contribution is 0.0672. The molecule has 154 valence electrons. The first kappa shape index (κ1) is 20.6. The van der Waals surface area contributed by atoms with Gasteiger partial charge in [-0.1, -0.05) is 12.1 Å². The van der Waals surface area contributed by atoms with Crippen LogP contribution >= 0.6 is 0 Å². The van der Waals surface area contributed by atoms with Crippen molar-refractivity contribution in [2.24, 2.45) is 12.0 Å². The molecule has 0 amide bonds. The van der Waals surface area contributed by atoms with Crippen molar-refractivity contribution >= 4 is 5.96 Å². The van der Waals surface area contributed by atoms with E-state index in [1.807, 2.05) is 37.1 Å². The lowest BCUT2D eigenvalue weighted by atomic mass is 10.0. The van der Waals surface area contributed by atoms with E-state index in [4.69, 9.17) is 0 Å². The summed E-state index contributed by atoms with van der Waals surface area (Å²) in [6.07, 6.45) is 8.04. The summed E-state index contributed by atoms with van der Waals surface area (Å²) in [7, 11) is 1.83. The molecule has 0 fully saturated rings. The minimum atomic E-state index is -1.07. The third-order valence-electron chi connectivity index (χ3n) is 4.63. The van der Waals surface area contributed by atoms with Gasteiger partial charge in [-0.2, -0.15) is 10.2 Å². The summed E-state index contributed by atoms with van der Waals surface area (Å²) < 4.78 is 3.51. The largest absolute Gasteiger partial charge is 0.383 e. The predicted octanol–water partition coefficient (Wildman–Crippen LogP) is 1.61. The summed E-state index contributed by atoms with van der Waals surface area (Å²) in [5, 5.41) is 25.6. The Morgan fingerprint density at radius 2 is 2.00 bits per heavy atom. The van der Waals surface area contributed by atoms with Crippen LogP contribution in [0.15, 0.2) is 60.1 Å². The Morgan fingerprint density at radius 1 is 1.21 bits per heavy atom. The Kier molecular flexibility index (Phi) is 6.66. The smallest absolute Gasteiger partial charge is 0.191 e. The number of guanidine groups is 1. The van der Waals surface area contributed by atoms with E-state index in [0.717, 1.165) is 30.8 Å². The maximum atomic E-state index is 10.7. The van der Waals surface area contributed by atoms with Gasteiger partial charge in [0.05, 0.1) is 18.4 Å². The molecule has 1 atom stereocenters. The van der Waals surface area contributed by atoms with Gasteiger partial charge in [-0.25, -0.2) is 9.67 Å². The van der Waals surface area contributed by atoms with Crippen molar-refractivity contribution in [2.75, 3.05) is 19.6 Å². The number of aryl methyl sites for hydroxylation is 1. The number of nitrogens with one attached hydrogen (secondary N) is 2. The SMILES string of the molecule is CCNC(=NCC(C)(O)c1cnn(C)c1)NCCc1ccc(-n2cccn2)cc1. The summed E-state index contributed by atoms with van der Waals surface area (Å²) in [5.41, 5.74) is 1.95. The Bertz CT molecular complexity index is 911. The first-order chi connectivity index (χ1) is 14.0. The summed E-state index contributed by atoms with van der Waals surface area (Å²) in [5.74, 6) is 0.685. The van der Waals surface area contributed by atoms with Crippen LogP contribution < -0.4 is 10.6 Å². The monoisotopic (exact) mass is 395 g/mol. The van der Waals surface area contributed by atoms with Crippen LogP contribution in [0.4, 0.5) is 0 Å². The summed E-state index contributed by atoms with van der Waals surface area (Å²) in [6, 6.07) is 10.2. The first-order valence-corrected chi connectivity index (χ1v) is 9.80. The highest BCUT2D eigenvalue weighted by Crippen LogP contribution is 2.19. The van der Waals surface area contributed by atoms with E-state index in [-0.39, 0.29) is 6.54 Å². The van der Waals surface area contributed by atoms with E-state index in [9.17, 15) is 5.11 Å². The zero-order valence-corrected chi connectivity index (χ0v) is 17.2. The standard InChI is InChI=1S/C21H29N7O/c1-4-22-20(24-16-21(2,29)18-14-26-27(3)15-18)23-12-10-17-6-8-19(9-7-17)28-13-5-11-25-28/h5-9,11,13-15,29H,4,10,12,16H2,1-3H3,(H2,22,23,24). The fraction of sp³-hybridized carbons (Fsp3) is 0.381. The van der Waals surface area contributed by atoms with Crippen molar-refractivity contribution < 1.29 is 5.11 Å². The molecule has 3 aromatic rings.